The zero-order valence-electron chi connectivity index (χ0n) is 19.4. The molecule has 1 aliphatic rings. The molecule has 1 aliphatic heterocycles. The van der Waals surface area contributed by atoms with E-state index in [4.69, 9.17) is 36.9 Å². The number of anilines is 1. The molecule has 0 aliphatic carbocycles. The lowest BCUT2D eigenvalue weighted by molar-refractivity contribution is 0.0969. The molecule has 6 rings (SSSR count). The molecule has 5 aromatic rings. The summed E-state index contributed by atoms with van der Waals surface area (Å²) in [5.41, 5.74) is 1.82. The maximum Gasteiger partial charge on any atom is 0.296 e. The van der Waals surface area contributed by atoms with Crippen LogP contribution < -0.4 is 15.1 Å². The molecule has 0 saturated heterocycles. The first-order chi connectivity index (χ1) is 17.9. The summed E-state index contributed by atoms with van der Waals surface area (Å²) in [6.07, 6.45) is 0. The summed E-state index contributed by atoms with van der Waals surface area (Å²) in [4.78, 5) is 28.6. The van der Waals surface area contributed by atoms with Crippen molar-refractivity contribution in [3.63, 3.8) is 0 Å². The number of benzene rings is 3. The van der Waals surface area contributed by atoms with Gasteiger partial charge in [0.2, 0.25) is 5.76 Å². The molecule has 0 radical (unpaired) electrons. The van der Waals surface area contributed by atoms with E-state index in [1.165, 1.54) is 4.90 Å². The Morgan fingerprint density at radius 3 is 2.38 bits per heavy atom. The van der Waals surface area contributed by atoms with E-state index >= 15 is 0 Å². The number of fused-ring (bicyclic) bond motifs is 2. The number of amides is 1. The molecule has 9 heteroatoms. The molecule has 1 unspecified atom stereocenters. The lowest BCUT2D eigenvalue weighted by atomic mass is 9.98. The number of rotatable bonds is 5. The first-order valence-corrected chi connectivity index (χ1v) is 12.1. The number of ether oxygens (including phenoxy) is 1. The SMILES string of the molecule is Cc1cc(N2C(=O)c3oc4ccc(Cl)cc4c(=O)c3C2c2ccc(OCc3ccc(Cl)cc3)cc2)no1. The van der Waals surface area contributed by atoms with Crippen molar-refractivity contribution in [2.75, 3.05) is 4.90 Å². The van der Waals surface area contributed by atoms with Gasteiger partial charge in [0.05, 0.1) is 17.0 Å². The summed E-state index contributed by atoms with van der Waals surface area (Å²) in [5.74, 6) is 0.923. The number of halogens is 2. The van der Waals surface area contributed by atoms with E-state index in [0.29, 0.717) is 39.1 Å². The molecule has 1 amide bonds. The summed E-state index contributed by atoms with van der Waals surface area (Å²) in [6, 6.07) is 20.2. The van der Waals surface area contributed by atoms with Gasteiger partial charge in [-0.15, -0.1) is 0 Å². The second kappa shape index (κ2) is 9.10. The van der Waals surface area contributed by atoms with E-state index in [9.17, 15) is 9.59 Å². The van der Waals surface area contributed by atoms with Crippen LogP contribution in [0.25, 0.3) is 11.0 Å². The third-order valence-corrected chi connectivity index (χ3v) is 6.70. The number of aromatic nitrogens is 1. The zero-order valence-corrected chi connectivity index (χ0v) is 20.9. The van der Waals surface area contributed by atoms with Crippen LogP contribution in [0.2, 0.25) is 10.0 Å². The Morgan fingerprint density at radius 1 is 0.946 bits per heavy atom. The molecule has 3 aromatic carbocycles. The van der Waals surface area contributed by atoms with Crippen molar-refractivity contribution in [2.24, 2.45) is 0 Å². The lowest BCUT2D eigenvalue weighted by Crippen LogP contribution is -2.29. The summed E-state index contributed by atoms with van der Waals surface area (Å²) in [5, 5.41) is 5.39. The Morgan fingerprint density at radius 2 is 1.68 bits per heavy atom. The molecular formula is C28H18Cl2N2O5. The third kappa shape index (κ3) is 4.16. The molecule has 2 aromatic heterocycles. The van der Waals surface area contributed by atoms with Crippen molar-refractivity contribution < 1.29 is 18.5 Å². The first kappa shape index (κ1) is 23.3. The van der Waals surface area contributed by atoms with Gasteiger partial charge in [-0.1, -0.05) is 52.6 Å². The number of carbonyl (C=O) groups is 1. The maximum atomic E-state index is 13.7. The largest absolute Gasteiger partial charge is 0.489 e. The van der Waals surface area contributed by atoms with Crippen molar-refractivity contribution in [3.8, 4) is 5.75 Å². The Bertz CT molecular complexity index is 1710. The van der Waals surface area contributed by atoms with Crippen LogP contribution in [0.1, 0.15) is 39.0 Å². The summed E-state index contributed by atoms with van der Waals surface area (Å²) in [6.45, 7) is 2.09. The zero-order chi connectivity index (χ0) is 25.7. The van der Waals surface area contributed by atoms with E-state index in [1.807, 2.05) is 24.3 Å². The molecule has 0 fully saturated rings. The Hall–Kier alpha value is -4.07. The quantitative estimate of drug-likeness (QED) is 0.249. The van der Waals surface area contributed by atoms with Crippen molar-refractivity contribution in [3.05, 3.63) is 121 Å². The molecule has 3 heterocycles. The minimum Gasteiger partial charge on any atom is -0.489 e. The normalized spacial score (nSPS) is 14.8. The van der Waals surface area contributed by atoms with Crippen LogP contribution in [-0.2, 0) is 6.61 Å². The highest BCUT2D eigenvalue weighted by Gasteiger charge is 2.44. The molecule has 0 saturated carbocycles. The van der Waals surface area contributed by atoms with Gasteiger partial charge in [-0.05, 0) is 60.5 Å². The first-order valence-electron chi connectivity index (χ1n) is 11.4. The minimum atomic E-state index is -0.781. The van der Waals surface area contributed by atoms with Gasteiger partial charge in [0.15, 0.2) is 11.2 Å². The third-order valence-electron chi connectivity index (χ3n) is 6.21. The molecule has 1 atom stereocenters. The van der Waals surface area contributed by atoms with E-state index in [0.717, 1.165) is 5.56 Å². The molecular weight excluding hydrogens is 515 g/mol. The highest BCUT2D eigenvalue weighted by molar-refractivity contribution is 6.31. The van der Waals surface area contributed by atoms with Gasteiger partial charge >= 0.3 is 0 Å². The monoisotopic (exact) mass is 532 g/mol. The summed E-state index contributed by atoms with van der Waals surface area (Å²) in [7, 11) is 0. The molecule has 7 nitrogen and oxygen atoms in total. The predicted molar refractivity (Wildman–Crippen MR) is 140 cm³/mol. The van der Waals surface area contributed by atoms with Gasteiger partial charge in [0.1, 0.15) is 23.7 Å². The average Bonchev–Trinajstić information content (AvgIpc) is 3.45. The van der Waals surface area contributed by atoms with Gasteiger partial charge < -0.3 is 13.7 Å². The summed E-state index contributed by atoms with van der Waals surface area (Å²) >= 11 is 12.1. The highest BCUT2D eigenvalue weighted by atomic mass is 35.5. The van der Waals surface area contributed by atoms with Crippen molar-refractivity contribution in [2.45, 2.75) is 19.6 Å². The smallest absolute Gasteiger partial charge is 0.296 e. The van der Waals surface area contributed by atoms with E-state index in [1.54, 1.807) is 55.5 Å². The topological polar surface area (TPSA) is 85.8 Å². The van der Waals surface area contributed by atoms with Crippen LogP contribution in [-0.4, -0.2) is 11.1 Å². The number of carbonyl (C=O) groups excluding carboxylic acids is 1. The fraction of sp³-hybridized carbons (Fsp3) is 0.107. The number of hydrogen-bond acceptors (Lipinski definition) is 6. The van der Waals surface area contributed by atoms with E-state index < -0.39 is 11.9 Å². The van der Waals surface area contributed by atoms with Gasteiger partial charge in [-0.2, -0.15) is 0 Å². The van der Waals surface area contributed by atoms with Crippen LogP contribution in [0.4, 0.5) is 5.82 Å². The van der Waals surface area contributed by atoms with Crippen molar-refractivity contribution in [1.29, 1.82) is 0 Å². The standard InChI is InChI=1S/C28H18Cl2N2O5/c1-15-12-23(31-37-15)32-25(17-4-9-20(10-5-17)35-14-16-2-6-18(29)7-3-16)24-26(33)21-13-19(30)8-11-22(21)36-27(24)28(32)34/h2-13,25H,14H2,1H3. The average molecular weight is 533 g/mol. The molecule has 0 N–H and O–H groups in total. The van der Waals surface area contributed by atoms with Crippen LogP contribution in [0.3, 0.4) is 0 Å². The fourth-order valence-corrected chi connectivity index (χ4v) is 4.76. The summed E-state index contributed by atoms with van der Waals surface area (Å²) < 4.78 is 17.1. The second-order valence-electron chi connectivity index (χ2n) is 8.67. The van der Waals surface area contributed by atoms with Gasteiger partial charge in [-0.3, -0.25) is 14.5 Å². The Kier molecular flexibility index (Phi) is 5.74. The molecule has 37 heavy (non-hydrogen) atoms. The Balaban J connectivity index is 1.41. The van der Waals surface area contributed by atoms with E-state index in [2.05, 4.69) is 5.16 Å². The maximum absolute atomic E-state index is 13.7. The highest BCUT2D eigenvalue weighted by Crippen LogP contribution is 2.41. The fourth-order valence-electron chi connectivity index (χ4n) is 4.46. The van der Waals surface area contributed by atoms with Crippen LogP contribution in [0, 0.1) is 6.92 Å². The minimum absolute atomic E-state index is 0.0338. The van der Waals surface area contributed by atoms with E-state index in [-0.39, 0.29) is 28.2 Å². The Labute approximate surface area is 220 Å². The van der Waals surface area contributed by atoms with Gasteiger partial charge in [0.25, 0.3) is 5.91 Å². The van der Waals surface area contributed by atoms with Gasteiger partial charge in [0, 0.05) is 16.1 Å². The number of hydrogen-bond donors (Lipinski definition) is 0. The van der Waals surface area contributed by atoms with Crippen LogP contribution in [0.15, 0.2) is 86.5 Å². The van der Waals surface area contributed by atoms with Crippen LogP contribution in [0.5, 0.6) is 5.75 Å². The van der Waals surface area contributed by atoms with Gasteiger partial charge in [-0.25, -0.2) is 0 Å². The predicted octanol–water partition coefficient (Wildman–Crippen LogP) is 6.73. The van der Waals surface area contributed by atoms with Crippen molar-refractivity contribution >= 4 is 45.9 Å². The molecule has 0 spiro atoms. The number of aryl methyl sites for hydroxylation is 1. The second-order valence-corrected chi connectivity index (χ2v) is 9.54. The number of nitrogens with zero attached hydrogens (tertiary/aromatic N) is 2. The van der Waals surface area contributed by atoms with Crippen LogP contribution >= 0.6 is 23.2 Å². The molecule has 184 valence electrons. The molecule has 0 bridgehead atoms. The lowest BCUT2D eigenvalue weighted by Gasteiger charge is -2.22. The van der Waals surface area contributed by atoms with Crippen molar-refractivity contribution in [1.82, 2.24) is 5.16 Å².